The van der Waals surface area contributed by atoms with Crippen molar-refractivity contribution >= 4 is 11.4 Å². The van der Waals surface area contributed by atoms with Gasteiger partial charge in [0.05, 0.1) is 0 Å². The van der Waals surface area contributed by atoms with Crippen LogP contribution in [0.2, 0.25) is 0 Å². The van der Waals surface area contributed by atoms with Gasteiger partial charge in [0, 0.05) is 24.5 Å². The van der Waals surface area contributed by atoms with Crippen LogP contribution in [0, 0.1) is 0 Å². The number of nitrogens with two attached hydrogens (primary N) is 2. The summed E-state index contributed by atoms with van der Waals surface area (Å²) in [6.07, 6.45) is 0. The molecule has 1 rings (SSSR count). The van der Waals surface area contributed by atoms with E-state index in [-0.39, 0.29) is 0 Å². The quantitative estimate of drug-likeness (QED) is 0.555. The third-order valence-corrected chi connectivity index (χ3v) is 1.38. The predicted molar refractivity (Wildman–Crippen MR) is 48.4 cm³/mol. The molecule has 0 spiro atoms. The summed E-state index contributed by atoms with van der Waals surface area (Å²) in [5.74, 6) is 0. The van der Waals surface area contributed by atoms with Gasteiger partial charge in [-0.05, 0) is 24.3 Å². The van der Waals surface area contributed by atoms with E-state index in [9.17, 15) is 0 Å². The summed E-state index contributed by atoms with van der Waals surface area (Å²) in [5.41, 5.74) is 12.7. The highest BCUT2D eigenvalue weighted by molar-refractivity contribution is 5.51. The zero-order chi connectivity index (χ0) is 8.10. The molecule has 0 aliphatic carbocycles. The second kappa shape index (κ2) is 3.83. The second-order valence-electron chi connectivity index (χ2n) is 2.34. The van der Waals surface area contributed by atoms with Crippen molar-refractivity contribution < 1.29 is 0 Å². The first-order chi connectivity index (χ1) is 5.33. The molecule has 1 aromatic carbocycles. The Hall–Kier alpha value is -1.22. The van der Waals surface area contributed by atoms with Crippen molar-refractivity contribution in [1.82, 2.24) is 0 Å². The lowest BCUT2D eigenvalue weighted by molar-refractivity contribution is 1.02. The Morgan fingerprint density at radius 2 is 1.82 bits per heavy atom. The molecule has 0 aromatic heterocycles. The summed E-state index contributed by atoms with van der Waals surface area (Å²) in [7, 11) is 0. The van der Waals surface area contributed by atoms with Gasteiger partial charge in [-0.3, -0.25) is 0 Å². The van der Waals surface area contributed by atoms with Crippen molar-refractivity contribution in [2.75, 3.05) is 24.1 Å². The van der Waals surface area contributed by atoms with Crippen LogP contribution in [0.5, 0.6) is 0 Å². The Morgan fingerprint density at radius 3 is 2.36 bits per heavy atom. The standard InChI is InChI=1S/C8H13N3/c9-5-6-11-8-3-1-7(10)2-4-8/h1-4,11H,5-6,9-10H2. The molecule has 0 saturated heterocycles. The third-order valence-electron chi connectivity index (χ3n) is 1.38. The first kappa shape index (κ1) is 7.88. The predicted octanol–water partition coefficient (Wildman–Crippen LogP) is 0.639. The Morgan fingerprint density at radius 1 is 1.18 bits per heavy atom. The normalized spacial score (nSPS) is 9.55. The molecule has 11 heavy (non-hydrogen) atoms. The molecule has 0 amide bonds. The molecule has 0 heterocycles. The monoisotopic (exact) mass is 151 g/mol. The Labute approximate surface area is 66.4 Å². The van der Waals surface area contributed by atoms with E-state index in [1.807, 2.05) is 24.3 Å². The van der Waals surface area contributed by atoms with Gasteiger partial charge in [0.15, 0.2) is 0 Å². The van der Waals surface area contributed by atoms with Crippen LogP contribution in [-0.2, 0) is 0 Å². The fourth-order valence-electron chi connectivity index (χ4n) is 0.817. The van der Waals surface area contributed by atoms with E-state index in [0.29, 0.717) is 6.54 Å². The van der Waals surface area contributed by atoms with Crippen LogP contribution in [0.4, 0.5) is 11.4 Å². The number of rotatable bonds is 3. The van der Waals surface area contributed by atoms with Crippen molar-refractivity contribution in [3.05, 3.63) is 24.3 Å². The number of nitrogens with one attached hydrogen (secondary N) is 1. The first-order valence-electron chi connectivity index (χ1n) is 3.62. The minimum absolute atomic E-state index is 0.643. The molecule has 0 radical (unpaired) electrons. The number of hydrogen-bond acceptors (Lipinski definition) is 3. The molecule has 0 aliphatic heterocycles. The van der Waals surface area contributed by atoms with E-state index in [4.69, 9.17) is 11.5 Å². The van der Waals surface area contributed by atoms with Crippen molar-refractivity contribution in [2.24, 2.45) is 5.73 Å². The summed E-state index contributed by atoms with van der Waals surface area (Å²) >= 11 is 0. The topological polar surface area (TPSA) is 64.1 Å². The van der Waals surface area contributed by atoms with Gasteiger partial charge in [-0.2, -0.15) is 0 Å². The lowest BCUT2D eigenvalue weighted by Crippen LogP contribution is -2.12. The molecular weight excluding hydrogens is 138 g/mol. The van der Waals surface area contributed by atoms with Crippen LogP contribution < -0.4 is 16.8 Å². The van der Waals surface area contributed by atoms with Crippen LogP contribution >= 0.6 is 0 Å². The van der Waals surface area contributed by atoms with Crippen molar-refractivity contribution in [3.63, 3.8) is 0 Å². The highest BCUT2D eigenvalue weighted by Crippen LogP contribution is 2.09. The molecule has 0 bridgehead atoms. The fourth-order valence-corrected chi connectivity index (χ4v) is 0.817. The van der Waals surface area contributed by atoms with Crippen LogP contribution in [0.3, 0.4) is 0 Å². The summed E-state index contributed by atoms with van der Waals surface area (Å²) in [4.78, 5) is 0. The average Bonchev–Trinajstić information content (AvgIpc) is 2.04. The number of benzene rings is 1. The van der Waals surface area contributed by atoms with Crippen LogP contribution in [0.1, 0.15) is 0 Å². The van der Waals surface area contributed by atoms with E-state index >= 15 is 0 Å². The van der Waals surface area contributed by atoms with Crippen LogP contribution in [0.25, 0.3) is 0 Å². The van der Waals surface area contributed by atoms with Gasteiger partial charge in [0.25, 0.3) is 0 Å². The molecular formula is C8H13N3. The molecule has 1 aromatic rings. The average molecular weight is 151 g/mol. The van der Waals surface area contributed by atoms with Gasteiger partial charge in [0.1, 0.15) is 0 Å². The van der Waals surface area contributed by atoms with E-state index < -0.39 is 0 Å². The molecule has 0 aliphatic rings. The summed E-state index contributed by atoms with van der Waals surface area (Å²) in [6.45, 7) is 1.44. The molecule has 3 nitrogen and oxygen atoms in total. The SMILES string of the molecule is NCCNc1ccc(N)cc1. The summed E-state index contributed by atoms with van der Waals surface area (Å²) in [6, 6.07) is 7.59. The van der Waals surface area contributed by atoms with Crippen molar-refractivity contribution in [1.29, 1.82) is 0 Å². The Bertz CT molecular complexity index is 205. The lowest BCUT2D eigenvalue weighted by atomic mass is 10.3. The largest absolute Gasteiger partial charge is 0.399 e. The minimum atomic E-state index is 0.643. The molecule has 0 atom stereocenters. The molecule has 0 unspecified atom stereocenters. The van der Waals surface area contributed by atoms with Gasteiger partial charge >= 0.3 is 0 Å². The lowest BCUT2D eigenvalue weighted by Gasteiger charge is -2.03. The molecule has 0 fully saturated rings. The Balaban J connectivity index is 2.52. The second-order valence-corrected chi connectivity index (χ2v) is 2.34. The maximum atomic E-state index is 5.50. The first-order valence-corrected chi connectivity index (χ1v) is 3.62. The third kappa shape index (κ3) is 2.47. The molecule has 0 saturated carbocycles. The molecule has 3 heteroatoms. The van der Waals surface area contributed by atoms with Gasteiger partial charge in [-0.15, -0.1) is 0 Å². The van der Waals surface area contributed by atoms with Gasteiger partial charge in [0.2, 0.25) is 0 Å². The van der Waals surface area contributed by atoms with Crippen molar-refractivity contribution in [2.45, 2.75) is 0 Å². The maximum Gasteiger partial charge on any atom is 0.0342 e. The van der Waals surface area contributed by atoms with Gasteiger partial charge in [-0.1, -0.05) is 0 Å². The maximum absolute atomic E-state index is 5.50. The van der Waals surface area contributed by atoms with Crippen LogP contribution in [0.15, 0.2) is 24.3 Å². The zero-order valence-electron chi connectivity index (χ0n) is 6.38. The highest BCUT2D eigenvalue weighted by atomic mass is 14.9. The van der Waals surface area contributed by atoms with Crippen molar-refractivity contribution in [3.8, 4) is 0 Å². The van der Waals surface area contributed by atoms with E-state index in [1.54, 1.807) is 0 Å². The highest BCUT2D eigenvalue weighted by Gasteiger charge is 1.88. The van der Waals surface area contributed by atoms with Gasteiger partial charge in [-0.25, -0.2) is 0 Å². The number of nitrogen functional groups attached to an aromatic ring is 1. The number of hydrogen-bond donors (Lipinski definition) is 3. The number of anilines is 2. The molecule has 5 N–H and O–H groups in total. The van der Waals surface area contributed by atoms with Crippen LogP contribution in [-0.4, -0.2) is 13.1 Å². The minimum Gasteiger partial charge on any atom is -0.399 e. The van der Waals surface area contributed by atoms with E-state index in [0.717, 1.165) is 17.9 Å². The zero-order valence-corrected chi connectivity index (χ0v) is 6.38. The smallest absolute Gasteiger partial charge is 0.0342 e. The summed E-state index contributed by atoms with van der Waals surface area (Å²) in [5, 5.41) is 3.14. The van der Waals surface area contributed by atoms with Gasteiger partial charge < -0.3 is 16.8 Å². The fraction of sp³-hybridized carbons (Fsp3) is 0.250. The summed E-state index contributed by atoms with van der Waals surface area (Å²) < 4.78 is 0. The van der Waals surface area contributed by atoms with E-state index in [1.165, 1.54) is 0 Å². The van der Waals surface area contributed by atoms with E-state index in [2.05, 4.69) is 5.32 Å². The Kier molecular flexibility index (Phi) is 2.74. The molecule has 60 valence electrons.